The van der Waals surface area contributed by atoms with Gasteiger partial charge in [0, 0.05) is 0 Å². The quantitative estimate of drug-likeness (QED) is 0.340. The van der Waals surface area contributed by atoms with Crippen LogP contribution < -0.4 is 0 Å². The minimum atomic E-state index is 0.597. The van der Waals surface area contributed by atoms with E-state index in [0.29, 0.717) is 5.41 Å². The normalized spacial score (nSPS) is 39.3. The maximum Gasteiger partial charge on any atom is -0.0260 e. The van der Waals surface area contributed by atoms with Crippen molar-refractivity contribution >= 4 is 0 Å². The van der Waals surface area contributed by atoms with Crippen LogP contribution in [0.4, 0.5) is 0 Å². The zero-order chi connectivity index (χ0) is 22.1. The van der Waals surface area contributed by atoms with Gasteiger partial charge in [-0.25, -0.2) is 0 Å². The van der Waals surface area contributed by atoms with Gasteiger partial charge in [-0.1, -0.05) is 50.8 Å². The third-order valence-corrected chi connectivity index (χ3v) is 10.8. The van der Waals surface area contributed by atoms with Crippen molar-refractivity contribution in [3.05, 3.63) is 23.8 Å². The molecule has 1 spiro atoms. The average Bonchev–Trinajstić information content (AvgIpc) is 3.41. The summed E-state index contributed by atoms with van der Waals surface area (Å²) in [6, 6.07) is 0. The fraction of sp³-hybridized carbons (Fsp3) is 0.871. The van der Waals surface area contributed by atoms with E-state index in [1.165, 1.54) is 108 Å². The van der Waals surface area contributed by atoms with Crippen LogP contribution in [0.15, 0.2) is 23.8 Å². The Hall–Kier alpha value is -0.520. The Labute approximate surface area is 194 Å². The summed E-state index contributed by atoms with van der Waals surface area (Å²) in [5.41, 5.74) is 4.60. The minimum Gasteiger partial charge on any atom is -0.100 e. The van der Waals surface area contributed by atoms with E-state index in [-0.39, 0.29) is 0 Å². The Morgan fingerprint density at radius 2 is 1.97 bits per heavy atom. The van der Waals surface area contributed by atoms with Crippen LogP contribution in [0.25, 0.3) is 0 Å². The molecule has 0 amide bonds. The van der Waals surface area contributed by atoms with Crippen LogP contribution in [-0.2, 0) is 0 Å². The van der Waals surface area contributed by atoms with Crippen molar-refractivity contribution in [1.82, 2.24) is 0 Å². The second-order valence-corrected chi connectivity index (χ2v) is 13.1. The highest BCUT2D eigenvalue weighted by Crippen LogP contribution is 2.61. The molecule has 0 heterocycles. The predicted octanol–water partition coefficient (Wildman–Crippen LogP) is 9.90. The molecule has 0 N–H and O–H groups in total. The van der Waals surface area contributed by atoms with Crippen LogP contribution in [0, 0.1) is 40.4 Å². The van der Waals surface area contributed by atoms with E-state index in [2.05, 4.69) is 40.3 Å². The summed E-state index contributed by atoms with van der Waals surface area (Å²) >= 11 is 0. The fourth-order valence-electron chi connectivity index (χ4n) is 8.60. The molecule has 6 atom stereocenters. The molecular weight excluding hydrogens is 372 g/mol. The van der Waals surface area contributed by atoms with Crippen molar-refractivity contribution in [1.29, 1.82) is 0 Å². The first-order valence-corrected chi connectivity index (χ1v) is 14.2. The minimum absolute atomic E-state index is 0.597. The van der Waals surface area contributed by atoms with Gasteiger partial charge in [-0.3, -0.25) is 0 Å². The lowest BCUT2D eigenvalue weighted by Gasteiger charge is -2.42. The smallest absolute Gasteiger partial charge is 0.0260 e. The monoisotopic (exact) mass is 424 g/mol. The summed E-state index contributed by atoms with van der Waals surface area (Å²) in [5.74, 6) is 4.76. The molecule has 0 nitrogen and oxygen atoms in total. The van der Waals surface area contributed by atoms with Gasteiger partial charge in [-0.05, 0) is 137 Å². The molecule has 31 heavy (non-hydrogen) atoms. The number of hydrogen-bond acceptors (Lipinski definition) is 0. The predicted molar refractivity (Wildman–Crippen MR) is 136 cm³/mol. The first kappa shape index (κ1) is 23.6. The first-order valence-electron chi connectivity index (χ1n) is 14.2. The van der Waals surface area contributed by atoms with Crippen LogP contribution >= 0.6 is 0 Å². The van der Waals surface area contributed by atoms with Gasteiger partial charge in [0.25, 0.3) is 0 Å². The van der Waals surface area contributed by atoms with Gasteiger partial charge < -0.3 is 0 Å². The Bertz CT molecular complexity index is 649. The van der Waals surface area contributed by atoms with E-state index in [0.717, 1.165) is 35.0 Å². The second-order valence-electron chi connectivity index (χ2n) is 13.1. The molecule has 0 aliphatic heterocycles. The summed E-state index contributed by atoms with van der Waals surface area (Å²) in [5, 5.41) is 0. The van der Waals surface area contributed by atoms with E-state index < -0.39 is 0 Å². The van der Waals surface area contributed by atoms with E-state index in [9.17, 15) is 0 Å². The molecule has 0 aromatic carbocycles. The lowest BCUT2D eigenvalue weighted by Crippen LogP contribution is -2.34. The van der Waals surface area contributed by atoms with Crippen LogP contribution in [-0.4, -0.2) is 0 Å². The number of hydrogen-bond donors (Lipinski definition) is 0. The van der Waals surface area contributed by atoms with Crippen molar-refractivity contribution in [2.24, 2.45) is 40.4 Å². The maximum atomic E-state index is 4.14. The molecule has 4 aliphatic carbocycles. The van der Waals surface area contributed by atoms with Crippen LogP contribution in [0.2, 0.25) is 0 Å². The number of fused-ring (bicyclic) bond motifs is 1. The highest BCUT2D eigenvalue weighted by Gasteiger charge is 2.52. The van der Waals surface area contributed by atoms with E-state index in [1.54, 1.807) is 0 Å². The molecule has 0 radical (unpaired) electrons. The van der Waals surface area contributed by atoms with Crippen molar-refractivity contribution in [2.45, 2.75) is 130 Å². The maximum absolute atomic E-state index is 4.14. The molecule has 176 valence electrons. The lowest BCUT2D eigenvalue weighted by molar-refractivity contribution is 0.0753. The Morgan fingerprint density at radius 3 is 2.68 bits per heavy atom. The van der Waals surface area contributed by atoms with Gasteiger partial charge >= 0.3 is 0 Å². The van der Waals surface area contributed by atoms with E-state index in [4.69, 9.17) is 0 Å². The Kier molecular flexibility index (Phi) is 7.45. The summed E-state index contributed by atoms with van der Waals surface area (Å²) in [6.45, 7) is 14.1. The molecule has 0 heteroatoms. The SMILES string of the molecule is C=C(C)CCC[C@@H](C)C1CCC2C(C/C=C3\CCCC4(CC4)C3)CC(CC)CCC21C. The van der Waals surface area contributed by atoms with Crippen molar-refractivity contribution < 1.29 is 0 Å². The fourth-order valence-corrected chi connectivity index (χ4v) is 8.60. The molecule has 0 bridgehead atoms. The zero-order valence-electron chi connectivity index (χ0n) is 21.5. The zero-order valence-corrected chi connectivity index (χ0v) is 21.5. The van der Waals surface area contributed by atoms with Gasteiger partial charge in [0.1, 0.15) is 0 Å². The molecule has 4 rings (SSSR count). The van der Waals surface area contributed by atoms with Gasteiger partial charge in [-0.15, -0.1) is 6.58 Å². The van der Waals surface area contributed by atoms with Gasteiger partial charge in [0.15, 0.2) is 0 Å². The van der Waals surface area contributed by atoms with Crippen LogP contribution in [0.3, 0.4) is 0 Å². The summed E-state index contributed by atoms with van der Waals surface area (Å²) in [7, 11) is 0. The second kappa shape index (κ2) is 9.77. The molecule has 0 saturated heterocycles. The molecule has 4 saturated carbocycles. The van der Waals surface area contributed by atoms with Gasteiger partial charge in [-0.2, -0.15) is 0 Å². The Balaban J connectivity index is 1.45. The third kappa shape index (κ3) is 5.35. The summed E-state index contributed by atoms with van der Waals surface area (Å²) < 4.78 is 0. The standard InChI is InChI=1S/C31H52/c1-6-25-16-18-30(5)28(24(4)10-7-9-23(2)3)14-15-29(30)27(21-25)13-12-26-11-8-17-31(22-26)19-20-31/h12,24-25,27-29H,2,6-11,13-22H2,1,3-5H3/b26-12+/t24-,25?,27?,28?,29?,30?/m1/s1. The first-order chi connectivity index (χ1) is 14.8. The van der Waals surface area contributed by atoms with E-state index >= 15 is 0 Å². The molecule has 0 aromatic rings. The van der Waals surface area contributed by atoms with E-state index in [1.807, 2.05) is 5.57 Å². The molecule has 0 aromatic heterocycles. The van der Waals surface area contributed by atoms with Crippen molar-refractivity contribution in [3.8, 4) is 0 Å². The topological polar surface area (TPSA) is 0 Å². The highest BCUT2D eigenvalue weighted by atomic mass is 14.6. The molecule has 4 fully saturated rings. The van der Waals surface area contributed by atoms with Crippen molar-refractivity contribution in [2.75, 3.05) is 0 Å². The van der Waals surface area contributed by atoms with Gasteiger partial charge in [0.2, 0.25) is 0 Å². The molecular formula is C31H52. The van der Waals surface area contributed by atoms with Crippen LogP contribution in [0.1, 0.15) is 130 Å². The summed E-state index contributed by atoms with van der Waals surface area (Å²) in [6.07, 6.45) is 26.0. The number of allylic oxidation sites excluding steroid dienone is 3. The largest absolute Gasteiger partial charge is 0.100 e. The lowest BCUT2D eigenvalue weighted by atomic mass is 9.63. The Morgan fingerprint density at radius 1 is 1.16 bits per heavy atom. The molecule has 5 unspecified atom stereocenters. The number of rotatable bonds is 8. The van der Waals surface area contributed by atoms with Crippen LogP contribution in [0.5, 0.6) is 0 Å². The average molecular weight is 425 g/mol. The molecule has 4 aliphatic rings. The highest BCUT2D eigenvalue weighted by molar-refractivity contribution is 5.15. The third-order valence-electron chi connectivity index (χ3n) is 10.8. The van der Waals surface area contributed by atoms with Crippen molar-refractivity contribution in [3.63, 3.8) is 0 Å². The van der Waals surface area contributed by atoms with Gasteiger partial charge in [0.05, 0.1) is 0 Å². The summed E-state index contributed by atoms with van der Waals surface area (Å²) in [4.78, 5) is 0.